The topological polar surface area (TPSA) is 0 Å². The first-order valence-electron chi connectivity index (χ1n) is 10.7. The highest BCUT2D eigenvalue weighted by Gasteiger charge is 2.47. The summed E-state index contributed by atoms with van der Waals surface area (Å²) in [5, 5.41) is 0. The molecule has 0 bridgehead atoms. The number of fused-ring (bicyclic) bond motifs is 1. The summed E-state index contributed by atoms with van der Waals surface area (Å²) >= 11 is 0. The van der Waals surface area contributed by atoms with Gasteiger partial charge in [0.05, 0.1) is 0 Å². The lowest BCUT2D eigenvalue weighted by Gasteiger charge is -2.29. The van der Waals surface area contributed by atoms with E-state index >= 15 is 0 Å². The Morgan fingerprint density at radius 1 is 1.16 bits per heavy atom. The normalized spacial score (nSPS) is 34.3. The van der Waals surface area contributed by atoms with Crippen molar-refractivity contribution >= 4 is 0 Å². The van der Waals surface area contributed by atoms with Gasteiger partial charge < -0.3 is 0 Å². The van der Waals surface area contributed by atoms with E-state index in [0.29, 0.717) is 5.41 Å². The molecule has 0 aliphatic heterocycles. The van der Waals surface area contributed by atoms with E-state index in [1.165, 1.54) is 56.1 Å². The minimum absolute atomic E-state index is 0.373. The lowest BCUT2D eigenvalue weighted by atomic mass is 9.76. The van der Waals surface area contributed by atoms with Crippen LogP contribution in [-0.4, -0.2) is 0 Å². The Hall–Kier alpha value is -0.780. The average molecular weight is 340 g/mol. The quantitative estimate of drug-likeness (QED) is 0.420. The van der Waals surface area contributed by atoms with Crippen molar-refractivity contribution in [1.82, 2.24) is 0 Å². The fourth-order valence-electron chi connectivity index (χ4n) is 6.42. The van der Waals surface area contributed by atoms with E-state index < -0.39 is 0 Å². The molecule has 3 aliphatic rings. The summed E-state index contributed by atoms with van der Waals surface area (Å²) in [6.45, 7) is 12.0. The van der Waals surface area contributed by atoms with Crippen molar-refractivity contribution in [2.75, 3.05) is 0 Å². The lowest BCUT2D eigenvalue weighted by Crippen LogP contribution is -2.19. The minimum Gasteiger partial charge on any atom is -0.0802 e. The Morgan fingerprint density at radius 3 is 2.64 bits per heavy atom. The third-order valence-corrected chi connectivity index (χ3v) is 7.26. The molecule has 0 aromatic heterocycles. The van der Waals surface area contributed by atoms with Crippen molar-refractivity contribution in [3.05, 3.63) is 41.9 Å². The van der Waals surface area contributed by atoms with E-state index in [-0.39, 0.29) is 0 Å². The molecule has 0 nitrogen and oxygen atoms in total. The first-order valence-corrected chi connectivity index (χ1v) is 10.7. The minimum atomic E-state index is 0.373. The Labute approximate surface area is 156 Å². The number of allylic oxidation sites excluding steroid dienone is 6. The van der Waals surface area contributed by atoms with Crippen LogP contribution in [0.5, 0.6) is 0 Å². The summed E-state index contributed by atoms with van der Waals surface area (Å²) < 4.78 is 0. The van der Waals surface area contributed by atoms with Crippen LogP contribution in [-0.2, 0) is 0 Å². The average Bonchev–Trinajstić information content (AvgIpc) is 3.20. The smallest absolute Gasteiger partial charge is 0.00535 e. The third kappa shape index (κ3) is 4.69. The number of rotatable bonds is 7. The Balaban J connectivity index is 1.53. The molecule has 0 heteroatoms. The van der Waals surface area contributed by atoms with Crippen molar-refractivity contribution < 1.29 is 0 Å². The van der Waals surface area contributed by atoms with Crippen LogP contribution in [0.4, 0.5) is 0 Å². The number of hydrogen-bond acceptors (Lipinski definition) is 0. The van der Waals surface area contributed by atoms with E-state index in [4.69, 9.17) is 0 Å². The van der Waals surface area contributed by atoms with E-state index in [1.807, 2.05) is 0 Å². The van der Waals surface area contributed by atoms with E-state index in [0.717, 1.165) is 29.6 Å². The molecule has 0 saturated heterocycles. The molecule has 0 heterocycles. The summed E-state index contributed by atoms with van der Waals surface area (Å²) in [7, 11) is 0. The number of hydrogen-bond donors (Lipinski definition) is 0. The molecule has 0 aromatic carbocycles. The fraction of sp³-hybridized carbons (Fsp3) is 0.720. The van der Waals surface area contributed by atoms with Gasteiger partial charge in [-0.2, -0.15) is 0 Å². The first kappa shape index (κ1) is 19.0. The molecular formula is C25H39. The fourth-order valence-corrected chi connectivity index (χ4v) is 6.42. The van der Waals surface area contributed by atoms with Gasteiger partial charge in [-0.25, -0.2) is 0 Å². The van der Waals surface area contributed by atoms with Crippen molar-refractivity contribution in [3.63, 3.8) is 0 Å². The van der Waals surface area contributed by atoms with Gasteiger partial charge in [0.15, 0.2) is 0 Å². The highest BCUT2D eigenvalue weighted by atomic mass is 14.5. The Bertz CT molecular complexity index is 540. The predicted molar refractivity (Wildman–Crippen MR) is 110 cm³/mol. The van der Waals surface area contributed by atoms with Crippen LogP contribution in [0.3, 0.4) is 0 Å². The van der Waals surface area contributed by atoms with E-state index in [9.17, 15) is 0 Å². The maximum Gasteiger partial charge on any atom is 0.00535 e. The van der Waals surface area contributed by atoms with Crippen LogP contribution in [0.25, 0.3) is 0 Å². The molecule has 2 saturated carbocycles. The Kier molecular flexibility index (Phi) is 5.96. The highest BCUT2D eigenvalue weighted by molar-refractivity contribution is 5.33. The van der Waals surface area contributed by atoms with Gasteiger partial charge >= 0.3 is 0 Å². The van der Waals surface area contributed by atoms with Crippen LogP contribution in [0.1, 0.15) is 79.6 Å². The van der Waals surface area contributed by atoms with Gasteiger partial charge in [0, 0.05) is 6.42 Å². The summed E-state index contributed by atoms with van der Waals surface area (Å²) in [5.74, 6) is 4.96. The summed E-state index contributed by atoms with van der Waals surface area (Å²) in [5.41, 5.74) is 3.38. The van der Waals surface area contributed by atoms with E-state index in [2.05, 4.69) is 65.3 Å². The second kappa shape index (κ2) is 7.85. The van der Waals surface area contributed by atoms with Crippen molar-refractivity contribution in [2.24, 2.45) is 35.0 Å². The monoisotopic (exact) mass is 339 g/mol. The largest absolute Gasteiger partial charge is 0.0802 e. The zero-order chi connectivity index (χ0) is 18.0. The second-order valence-electron chi connectivity index (χ2n) is 10.1. The molecule has 25 heavy (non-hydrogen) atoms. The van der Waals surface area contributed by atoms with Gasteiger partial charge in [0.2, 0.25) is 0 Å². The van der Waals surface area contributed by atoms with Gasteiger partial charge in [-0.15, -0.1) is 0 Å². The van der Waals surface area contributed by atoms with Crippen molar-refractivity contribution in [2.45, 2.75) is 79.6 Å². The molecule has 5 atom stereocenters. The molecule has 139 valence electrons. The lowest BCUT2D eigenvalue weighted by molar-refractivity contribution is 0.252. The van der Waals surface area contributed by atoms with Gasteiger partial charge in [0.1, 0.15) is 0 Å². The van der Waals surface area contributed by atoms with Gasteiger partial charge in [0.25, 0.3) is 0 Å². The molecule has 5 unspecified atom stereocenters. The van der Waals surface area contributed by atoms with Crippen LogP contribution < -0.4 is 0 Å². The summed E-state index contributed by atoms with van der Waals surface area (Å²) in [6, 6.07) is 0. The summed E-state index contributed by atoms with van der Waals surface area (Å²) in [4.78, 5) is 0. The zero-order valence-electron chi connectivity index (χ0n) is 17.2. The second-order valence-corrected chi connectivity index (χ2v) is 10.1. The van der Waals surface area contributed by atoms with Crippen molar-refractivity contribution in [1.29, 1.82) is 0 Å². The molecule has 3 aliphatic carbocycles. The molecule has 0 amide bonds. The molecule has 1 radical (unpaired) electrons. The summed E-state index contributed by atoms with van der Waals surface area (Å²) in [6.07, 6.45) is 21.4. The standard InChI is InChI=1S/C25H39/c1-18(2)16-25(4,5)17-22-13-14-23-19(3)21(15-24(22)23)12-8-11-20-9-6-7-10-20/h6-7,9-10,16,19,21-24H,8,11-15,17H2,1-5H3. The van der Waals surface area contributed by atoms with E-state index in [1.54, 1.807) is 0 Å². The van der Waals surface area contributed by atoms with Crippen LogP contribution in [0.15, 0.2) is 35.5 Å². The molecule has 0 N–H and O–H groups in total. The molecule has 3 rings (SSSR count). The SMILES string of the molecule is CC(C)=CC(C)(C)CC1CCC2C(C)C(CCCC3=C[CH]C=C3)CC12. The predicted octanol–water partition coefficient (Wildman–Crippen LogP) is 7.54. The highest BCUT2D eigenvalue weighted by Crippen LogP contribution is 2.56. The van der Waals surface area contributed by atoms with Crippen LogP contribution in [0.2, 0.25) is 0 Å². The first-order chi connectivity index (χ1) is 11.9. The molecule has 0 spiro atoms. The zero-order valence-corrected chi connectivity index (χ0v) is 17.2. The maximum absolute atomic E-state index is 2.57. The molecular weight excluding hydrogens is 300 g/mol. The third-order valence-electron chi connectivity index (χ3n) is 7.26. The van der Waals surface area contributed by atoms with Crippen LogP contribution in [0, 0.1) is 41.4 Å². The molecule has 0 aromatic rings. The van der Waals surface area contributed by atoms with Crippen molar-refractivity contribution in [3.8, 4) is 0 Å². The Morgan fingerprint density at radius 2 is 1.96 bits per heavy atom. The maximum atomic E-state index is 2.57. The molecule has 2 fully saturated rings. The van der Waals surface area contributed by atoms with Gasteiger partial charge in [-0.05, 0) is 93.8 Å². The van der Waals surface area contributed by atoms with Crippen LogP contribution >= 0.6 is 0 Å². The van der Waals surface area contributed by atoms with Gasteiger partial charge in [-0.1, -0.05) is 56.2 Å². The van der Waals surface area contributed by atoms with Gasteiger partial charge in [-0.3, -0.25) is 0 Å².